The van der Waals surface area contributed by atoms with Gasteiger partial charge in [0.1, 0.15) is 6.54 Å². The van der Waals surface area contributed by atoms with Crippen molar-refractivity contribution in [1.82, 2.24) is 13.6 Å². The predicted molar refractivity (Wildman–Crippen MR) is 137 cm³/mol. The van der Waals surface area contributed by atoms with Gasteiger partial charge in [-0.15, -0.1) is 0 Å². The van der Waals surface area contributed by atoms with E-state index in [0.717, 1.165) is 45.0 Å². The minimum absolute atomic E-state index is 0.0478. The van der Waals surface area contributed by atoms with E-state index in [1.165, 1.54) is 38.9 Å². The average Bonchev–Trinajstić information content (AvgIpc) is 3.11. The van der Waals surface area contributed by atoms with Gasteiger partial charge in [-0.25, -0.2) is 4.72 Å². The molecule has 1 fully saturated rings. The molecule has 1 saturated carbocycles. The van der Waals surface area contributed by atoms with Crippen LogP contribution in [-0.2, 0) is 21.5 Å². The molecule has 0 saturated heterocycles. The fourth-order valence-corrected chi connectivity index (χ4v) is 5.92. The van der Waals surface area contributed by atoms with E-state index >= 15 is 0 Å². The average molecular weight is 495 g/mol. The number of para-hydroxylation sites is 1. The second kappa shape index (κ2) is 8.80. The number of nitrogens with one attached hydrogen (secondary N) is 1. The monoisotopic (exact) mass is 494 g/mol. The van der Waals surface area contributed by atoms with Gasteiger partial charge in [-0.2, -0.15) is 12.7 Å². The van der Waals surface area contributed by atoms with Crippen LogP contribution in [0.15, 0.2) is 42.5 Å². The highest BCUT2D eigenvalue weighted by molar-refractivity contribution is 7.87. The van der Waals surface area contributed by atoms with Gasteiger partial charge in [-0.3, -0.25) is 9.59 Å². The standard InChI is InChI=1S/C26H30N4O4S/c1-28(2)35(33,34)27-26(32)18-13-14-19-22(15-18)30-16-23(31)29(3)21-12-8-7-11-20(21)25(30)24(19)17-9-5-4-6-10-17/h7-8,11-15,17H,4-6,9-10,16H2,1-3H3,(H,27,32). The molecule has 0 radical (unpaired) electrons. The summed E-state index contributed by atoms with van der Waals surface area (Å²) in [7, 11) is 0.595. The first-order chi connectivity index (χ1) is 16.7. The number of fused-ring (bicyclic) bond motifs is 5. The number of likely N-dealkylation sites (N-methyl/N-ethyl adjacent to an activating group) is 1. The maximum atomic E-state index is 13.2. The van der Waals surface area contributed by atoms with Crippen molar-refractivity contribution in [3.63, 3.8) is 0 Å². The van der Waals surface area contributed by atoms with Crippen LogP contribution in [0.3, 0.4) is 0 Å². The van der Waals surface area contributed by atoms with Crippen molar-refractivity contribution >= 4 is 38.6 Å². The van der Waals surface area contributed by atoms with E-state index in [4.69, 9.17) is 0 Å². The molecule has 2 heterocycles. The highest BCUT2D eigenvalue weighted by Crippen LogP contribution is 2.47. The summed E-state index contributed by atoms with van der Waals surface area (Å²) in [4.78, 5) is 27.8. The lowest BCUT2D eigenvalue weighted by Crippen LogP contribution is -2.39. The zero-order valence-corrected chi connectivity index (χ0v) is 21.1. The number of anilines is 1. The lowest BCUT2D eigenvalue weighted by Gasteiger charge is -2.24. The summed E-state index contributed by atoms with van der Waals surface area (Å²) in [6, 6.07) is 13.3. The molecule has 2 aliphatic rings. The van der Waals surface area contributed by atoms with E-state index in [0.29, 0.717) is 5.92 Å². The van der Waals surface area contributed by atoms with Crippen molar-refractivity contribution in [3.8, 4) is 11.3 Å². The van der Waals surface area contributed by atoms with Crippen LogP contribution >= 0.6 is 0 Å². The molecule has 2 amide bonds. The quantitative estimate of drug-likeness (QED) is 0.596. The Balaban J connectivity index is 1.74. The second-order valence-electron chi connectivity index (χ2n) is 9.60. The van der Waals surface area contributed by atoms with Crippen molar-refractivity contribution in [2.45, 2.75) is 44.6 Å². The number of hydrogen-bond donors (Lipinski definition) is 1. The molecular formula is C26H30N4O4S. The Morgan fingerprint density at radius 1 is 1.06 bits per heavy atom. The zero-order valence-electron chi connectivity index (χ0n) is 20.2. The third-order valence-electron chi connectivity index (χ3n) is 7.27. The van der Waals surface area contributed by atoms with Crippen molar-refractivity contribution in [2.24, 2.45) is 0 Å². The van der Waals surface area contributed by atoms with Crippen LogP contribution in [0.2, 0.25) is 0 Å². The molecular weight excluding hydrogens is 464 g/mol. The van der Waals surface area contributed by atoms with Crippen LogP contribution in [0.5, 0.6) is 0 Å². The third kappa shape index (κ3) is 4.02. The summed E-state index contributed by atoms with van der Waals surface area (Å²) in [6.45, 7) is 0.144. The predicted octanol–water partition coefficient (Wildman–Crippen LogP) is 3.87. The van der Waals surface area contributed by atoms with Gasteiger partial charge in [0.2, 0.25) is 5.91 Å². The fourth-order valence-electron chi connectivity index (χ4n) is 5.39. The van der Waals surface area contributed by atoms with Crippen LogP contribution in [0.1, 0.15) is 53.9 Å². The highest BCUT2D eigenvalue weighted by atomic mass is 32.2. The molecule has 184 valence electrons. The minimum Gasteiger partial charge on any atom is -0.331 e. The molecule has 9 heteroatoms. The zero-order chi connectivity index (χ0) is 24.9. The summed E-state index contributed by atoms with van der Waals surface area (Å²) < 4.78 is 29.5. The Hall–Kier alpha value is -3.17. The summed E-state index contributed by atoms with van der Waals surface area (Å²) in [5.74, 6) is -0.385. The molecule has 0 spiro atoms. The smallest absolute Gasteiger partial charge is 0.303 e. The van der Waals surface area contributed by atoms with E-state index in [-0.39, 0.29) is 18.0 Å². The van der Waals surface area contributed by atoms with Gasteiger partial charge >= 0.3 is 10.2 Å². The van der Waals surface area contributed by atoms with E-state index in [1.54, 1.807) is 24.1 Å². The Labute approximate surface area is 205 Å². The molecule has 1 aliphatic heterocycles. The van der Waals surface area contributed by atoms with Crippen molar-refractivity contribution in [2.75, 3.05) is 26.0 Å². The van der Waals surface area contributed by atoms with Crippen LogP contribution in [-0.4, -0.2) is 50.2 Å². The first-order valence-electron chi connectivity index (χ1n) is 12.0. The SMILES string of the molecule is CN1C(=O)Cn2c(c(C3CCCCC3)c3ccc(C(=O)NS(=O)(=O)N(C)C)cc32)-c2ccccc21. The van der Waals surface area contributed by atoms with Crippen molar-refractivity contribution in [3.05, 3.63) is 53.6 Å². The number of carbonyl (C=O) groups excluding carboxylic acids is 2. The lowest BCUT2D eigenvalue weighted by molar-refractivity contribution is -0.118. The molecule has 0 atom stereocenters. The molecule has 2 aromatic carbocycles. The maximum absolute atomic E-state index is 13.2. The Morgan fingerprint density at radius 2 is 1.77 bits per heavy atom. The molecule has 3 aromatic rings. The lowest BCUT2D eigenvalue weighted by atomic mass is 9.81. The van der Waals surface area contributed by atoms with Gasteiger partial charge in [0, 0.05) is 37.7 Å². The molecule has 0 bridgehead atoms. The number of amides is 2. The first-order valence-corrected chi connectivity index (χ1v) is 13.4. The summed E-state index contributed by atoms with van der Waals surface area (Å²) >= 11 is 0. The number of nitrogens with zero attached hydrogens (tertiary/aromatic N) is 3. The minimum atomic E-state index is -3.92. The Bertz CT molecular complexity index is 1440. The number of rotatable bonds is 4. The van der Waals surface area contributed by atoms with E-state index in [2.05, 4.69) is 10.8 Å². The number of carbonyl (C=O) groups is 2. The largest absolute Gasteiger partial charge is 0.331 e. The van der Waals surface area contributed by atoms with Gasteiger partial charge in [-0.1, -0.05) is 43.5 Å². The molecule has 8 nitrogen and oxygen atoms in total. The summed E-state index contributed by atoms with van der Waals surface area (Å²) in [5.41, 5.74) is 5.12. The number of hydrogen-bond acceptors (Lipinski definition) is 4. The van der Waals surface area contributed by atoms with Gasteiger partial charge < -0.3 is 9.47 Å². The first kappa shape index (κ1) is 23.6. The Kier molecular flexibility index (Phi) is 5.93. The van der Waals surface area contributed by atoms with E-state index < -0.39 is 16.1 Å². The van der Waals surface area contributed by atoms with E-state index in [9.17, 15) is 18.0 Å². The topological polar surface area (TPSA) is 91.7 Å². The van der Waals surface area contributed by atoms with Gasteiger partial charge in [0.15, 0.2) is 0 Å². The summed E-state index contributed by atoms with van der Waals surface area (Å²) in [6.07, 6.45) is 5.73. The number of aromatic nitrogens is 1. The van der Waals surface area contributed by atoms with Crippen LogP contribution in [0, 0.1) is 0 Å². The third-order valence-corrected chi connectivity index (χ3v) is 8.67. The van der Waals surface area contributed by atoms with Crippen LogP contribution in [0.4, 0.5) is 5.69 Å². The summed E-state index contributed by atoms with van der Waals surface area (Å²) in [5, 5.41) is 1.02. The number of benzene rings is 2. The molecule has 0 unspecified atom stereocenters. The molecule has 1 N–H and O–H groups in total. The van der Waals surface area contributed by atoms with Crippen LogP contribution in [0.25, 0.3) is 22.2 Å². The maximum Gasteiger partial charge on any atom is 0.303 e. The van der Waals surface area contributed by atoms with Crippen LogP contribution < -0.4 is 9.62 Å². The van der Waals surface area contributed by atoms with Gasteiger partial charge in [0.25, 0.3) is 5.91 Å². The molecule has 35 heavy (non-hydrogen) atoms. The fraction of sp³-hybridized carbons (Fsp3) is 0.385. The normalized spacial score (nSPS) is 16.8. The van der Waals surface area contributed by atoms with Crippen molar-refractivity contribution in [1.29, 1.82) is 0 Å². The van der Waals surface area contributed by atoms with Gasteiger partial charge in [0.05, 0.1) is 16.9 Å². The molecule has 1 aliphatic carbocycles. The molecule has 5 rings (SSSR count). The van der Waals surface area contributed by atoms with Crippen molar-refractivity contribution < 1.29 is 18.0 Å². The highest BCUT2D eigenvalue weighted by Gasteiger charge is 2.32. The second-order valence-corrected chi connectivity index (χ2v) is 11.5. The molecule has 1 aromatic heterocycles. The van der Waals surface area contributed by atoms with Gasteiger partial charge in [-0.05, 0) is 42.5 Å². The Morgan fingerprint density at radius 3 is 2.49 bits per heavy atom. The van der Waals surface area contributed by atoms with E-state index in [1.807, 2.05) is 28.8 Å².